The molecule has 2 aromatic rings. The molecule has 0 aromatic carbocycles. The van der Waals surface area contributed by atoms with E-state index in [-0.39, 0.29) is 22.7 Å². The van der Waals surface area contributed by atoms with Crippen LogP contribution in [0.1, 0.15) is 0 Å². The summed E-state index contributed by atoms with van der Waals surface area (Å²) in [5, 5.41) is 35.5. The number of aliphatic hydroxyl groups is 3. The highest BCUT2D eigenvalue weighted by Gasteiger charge is 2.42. The van der Waals surface area contributed by atoms with Gasteiger partial charge in [0.2, 0.25) is 5.43 Å². The summed E-state index contributed by atoms with van der Waals surface area (Å²) in [6.45, 7) is -0.459. The lowest BCUT2D eigenvalue weighted by molar-refractivity contribution is -0.0153. The maximum absolute atomic E-state index is 12.2. The molecule has 23 heavy (non-hydrogen) atoms. The van der Waals surface area contributed by atoms with E-state index >= 15 is 0 Å². The van der Waals surface area contributed by atoms with Crippen LogP contribution in [0.4, 0.5) is 11.6 Å². The maximum Gasteiger partial charge on any atom is 0.237 e. The summed E-state index contributed by atoms with van der Waals surface area (Å²) in [7, 11) is 1.57. The van der Waals surface area contributed by atoms with Crippen LogP contribution in [0.15, 0.2) is 11.1 Å². The van der Waals surface area contributed by atoms with E-state index in [1.807, 2.05) is 0 Å². The maximum atomic E-state index is 12.2. The van der Waals surface area contributed by atoms with Gasteiger partial charge in [-0.1, -0.05) is 0 Å². The number of hydrogen-bond acceptors (Lipinski definition) is 10. The smallest absolute Gasteiger partial charge is 0.237 e. The van der Waals surface area contributed by atoms with Crippen molar-refractivity contribution in [1.82, 2.24) is 19.7 Å². The first-order valence-electron chi connectivity index (χ1n) is 6.80. The Kier molecular flexibility index (Phi) is 3.85. The zero-order valence-electron chi connectivity index (χ0n) is 12.1. The summed E-state index contributed by atoms with van der Waals surface area (Å²) in [6, 6.07) is 0. The van der Waals surface area contributed by atoms with E-state index in [1.165, 1.54) is 11.0 Å². The lowest BCUT2D eigenvalue weighted by atomic mass is 10.1. The number of nitrogens with two attached hydrogens (primary N) is 1. The van der Waals surface area contributed by atoms with Gasteiger partial charge in [-0.25, -0.2) is 14.6 Å². The zero-order chi connectivity index (χ0) is 16.7. The molecular weight excluding hydrogens is 308 g/mol. The molecule has 1 fully saturated rings. The Labute approximate surface area is 129 Å². The monoisotopic (exact) mass is 324 g/mol. The molecule has 4 atom stereocenters. The van der Waals surface area contributed by atoms with Crippen LogP contribution in [0.3, 0.4) is 0 Å². The molecule has 1 aliphatic heterocycles. The summed E-state index contributed by atoms with van der Waals surface area (Å²) < 4.78 is 6.64. The van der Waals surface area contributed by atoms with Gasteiger partial charge in [-0.15, -0.1) is 5.10 Å². The van der Waals surface area contributed by atoms with Gasteiger partial charge in [0.1, 0.15) is 35.8 Å². The molecule has 0 bridgehead atoms. The van der Waals surface area contributed by atoms with E-state index in [4.69, 9.17) is 15.6 Å². The summed E-state index contributed by atoms with van der Waals surface area (Å²) in [6.07, 6.45) is -3.35. The largest absolute Gasteiger partial charge is 0.394 e. The number of nitrogen functional groups attached to an aromatic ring is 1. The Hall–Kier alpha value is -2.34. The number of aromatic nitrogens is 4. The molecular formula is C12H16N6O5. The Morgan fingerprint density at radius 1 is 1.39 bits per heavy atom. The van der Waals surface area contributed by atoms with Crippen molar-refractivity contribution >= 4 is 22.7 Å². The molecule has 1 saturated heterocycles. The van der Waals surface area contributed by atoms with Crippen molar-refractivity contribution in [3.05, 3.63) is 16.6 Å². The van der Waals surface area contributed by atoms with E-state index in [2.05, 4.69) is 20.4 Å². The first-order valence-corrected chi connectivity index (χ1v) is 6.80. The van der Waals surface area contributed by atoms with Gasteiger partial charge in [0.05, 0.1) is 6.61 Å². The van der Waals surface area contributed by atoms with E-state index in [0.717, 1.165) is 0 Å². The Morgan fingerprint density at radius 3 is 2.78 bits per heavy atom. The van der Waals surface area contributed by atoms with Gasteiger partial charge < -0.3 is 31.1 Å². The van der Waals surface area contributed by atoms with Crippen LogP contribution in [0.5, 0.6) is 0 Å². The zero-order valence-corrected chi connectivity index (χ0v) is 12.1. The van der Waals surface area contributed by atoms with Gasteiger partial charge in [0.15, 0.2) is 17.7 Å². The van der Waals surface area contributed by atoms with Crippen LogP contribution >= 0.6 is 0 Å². The third-order valence-corrected chi connectivity index (χ3v) is 3.67. The van der Waals surface area contributed by atoms with Gasteiger partial charge in [-0.05, 0) is 0 Å². The average molecular weight is 324 g/mol. The SMILES string of the molecule is Cn1nc(N)c(=O)c2c(N[C@H]3O[C@H](CO)[C@@H](O)[C@H]3O)ncnc21. The van der Waals surface area contributed by atoms with Gasteiger partial charge in [-0.2, -0.15) is 0 Å². The minimum absolute atomic E-state index is 0.0829. The number of hydrogen-bond donors (Lipinski definition) is 5. The molecule has 0 unspecified atom stereocenters. The first kappa shape index (κ1) is 15.6. The van der Waals surface area contributed by atoms with E-state index in [1.54, 1.807) is 7.05 Å². The molecule has 11 nitrogen and oxygen atoms in total. The Morgan fingerprint density at radius 2 is 2.13 bits per heavy atom. The predicted molar refractivity (Wildman–Crippen MR) is 78.4 cm³/mol. The van der Waals surface area contributed by atoms with Gasteiger partial charge >= 0.3 is 0 Å². The fourth-order valence-electron chi connectivity index (χ4n) is 2.48. The minimum Gasteiger partial charge on any atom is -0.394 e. The number of nitrogens with one attached hydrogen (secondary N) is 1. The number of fused-ring (bicyclic) bond motifs is 1. The molecule has 6 N–H and O–H groups in total. The quantitative estimate of drug-likeness (QED) is 0.396. The van der Waals surface area contributed by atoms with Gasteiger partial charge in [0.25, 0.3) is 0 Å². The van der Waals surface area contributed by atoms with Crippen molar-refractivity contribution in [2.45, 2.75) is 24.5 Å². The first-order chi connectivity index (χ1) is 10.9. The van der Waals surface area contributed by atoms with Crippen molar-refractivity contribution in [3.63, 3.8) is 0 Å². The van der Waals surface area contributed by atoms with Crippen LogP contribution < -0.4 is 16.5 Å². The number of nitrogens with zero attached hydrogens (tertiary/aromatic N) is 4. The van der Waals surface area contributed by atoms with Crippen molar-refractivity contribution in [2.75, 3.05) is 17.7 Å². The fraction of sp³-hybridized carbons (Fsp3) is 0.500. The third kappa shape index (κ3) is 2.49. The highest BCUT2D eigenvalue weighted by molar-refractivity contribution is 5.87. The molecule has 3 heterocycles. The normalized spacial score (nSPS) is 27.5. The molecule has 0 aliphatic carbocycles. The molecule has 2 aromatic heterocycles. The van der Waals surface area contributed by atoms with Crippen LogP contribution in [0, 0.1) is 0 Å². The van der Waals surface area contributed by atoms with E-state index in [0.29, 0.717) is 0 Å². The van der Waals surface area contributed by atoms with Crippen LogP contribution in [0.2, 0.25) is 0 Å². The second-order valence-electron chi connectivity index (χ2n) is 5.16. The summed E-state index contributed by atoms with van der Waals surface area (Å²) >= 11 is 0. The molecule has 11 heteroatoms. The predicted octanol–water partition coefficient (Wildman–Crippen LogP) is -2.84. The van der Waals surface area contributed by atoms with Gasteiger partial charge in [0, 0.05) is 7.05 Å². The standard InChI is InChI=1S/C12H16N6O5/c1-18-11-5(7(21)9(13)17-18)10(14-3-15-11)16-12-8(22)6(20)4(2-19)23-12/h3-4,6,8,12,19-20,22H,2H2,1H3,(H2,13,17)(H,14,15,16)/t4-,6-,8-,12+/m1/s1. The summed E-state index contributed by atoms with van der Waals surface area (Å²) in [5.74, 6) is -0.140. The highest BCUT2D eigenvalue weighted by Crippen LogP contribution is 2.24. The average Bonchev–Trinajstić information content (AvgIpc) is 2.80. The lowest BCUT2D eigenvalue weighted by Crippen LogP contribution is -2.37. The second-order valence-corrected chi connectivity index (χ2v) is 5.16. The minimum atomic E-state index is -1.31. The number of ether oxygens (including phenoxy) is 1. The fourth-order valence-corrected chi connectivity index (χ4v) is 2.48. The van der Waals surface area contributed by atoms with Gasteiger partial charge in [-0.3, -0.25) is 4.79 Å². The van der Waals surface area contributed by atoms with Crippen molar-refractivity contribution in [3.8, 4) is 0 Å². The summed E-state index contributed by atoms with van der Waals surface area (Å²) in [5.41, 5.74) is 5.26. The number of anilines is 2. The molecule has 0 spiro atoms. The molecule has 0 radical (unpaired) electrons. The number of aryl methyl sites for hydroxylation is 1. The van der Waals surface area contributed by atoms with Crippen LogP contribution in [-0.4, -0.2) is 66.2 Å². The second kappa shape index (κ2) is 5.70. The Bertz CT molecular complexity index is 795. The third-order valence-electron chi connectivity index (χ3n) is 3.67. The topological polar surface area (TPSA) is 169 Å². The van der Waals surface area contributed by atoms with Crippen molar-refractivity contribution in [2.24, 2.45) is 7.05 Å². The van der Waals surface area contributed by atoms with Crippen LogP contribution in [-0.2, 0) is 11.8 Å². The van der Waals surface area contributed by atoms with E-state index in [9.17, 15) is 15.0 Å². The molecule has 3 rings (SSSR count). The van der Waals surface area contributed by atoms with Crippen molar-refractivity contribution in [1.29, 1.82) is 0 Å². The molecule has 0 saturated carbocycles. The Balaban J connectivity index is 2.03. The van der Waals surface area contributed by atoms with Crippen molar-refractivity contribution < 1.29 is 20.1 Å². The number of rotatable bonds is 3. The van der Waals surface area contributed by atoms with Crippen LogP contribution in [0.25, 0.3) is 11.0 Å². The lowest BCUT2D eigenvalue weighted by Gasteiger charge is -2.18. The molecule has 1 aliphatic rings. The number of aliphatic hydroxyl groups excluding tert-OH is 3. The molecule has 124 valence electrons. The van der Waals surface area contributed by atoms with E-state index < -0.39 is 36.6 Å². The molecule has 0 amide bonds. The summed E-state index contributed by atoms with van der Waals surface area (Å²) in [4.78, 5) is 20.2. The highest BCUT2D eigenvalue weighted by atomic mass is 16.6.